The van der Waals surface area contributed by atoms with Crippen LogP contribution in [0, 0.1) is 0 Å². The predicted molar refractivity (Wildman–Crippen MR) is 150 cm³/mol. The molecule has 1 saturated heterocycles. The number of anilines is 1. The number of nitrogens with one attached hydrogen (secondary N) is 1. The normalized spacial score (nSPS) is 15.4. The van der Waals surface area contributed by atoms with E-state index in [0.717, 1.165) is 37.0 Å². The van der Waals surface area contributed by atoms with Crippen molar-refractivity contribution >= 4 is 57.1 Å². The van der Waals surface area contributed by atoms with Crippen molar-refractivity contribution in [3.05, 3.63) is 100 Å². The number of nitrogens with zero attached hydrogens (tertiary/aromatic N) is 3. The van der Waals surface area contributed by atoms with Crippen LogP contribution in [0.4, 0.5) is 5.69 Å². The number of hydrogen-bond acceptors (Lipinski definition) is 5. The lowest BCUT2D eigenvalue weighted by atomic mass is 10.2. The zero-order valence-electron chi connectivity index (χ0n) is 20.1. The highest BCUT2D eigenvalue weighted by atomic mass is 35.5. The van der Waals surface area contributed by atoms with Gasteiger partial charge in [0.25, 0.3) is 5.91 Å². The first-order valence-electron chi connectivity index (χ1n) is 12.0. The Labute approximate surface area is 229 Å². The number of amides is 1. The van der Waals surface area contributed by atoms with Crippen LogP contribution in [-0.2, 0) is 17.9 Å². The van der Waals surface area contributed by atoms with Gasteiger partial charge in [0.15, 0.2) is 0 Å². The maximum atomic E-state index is 13.2. The van der Waals surface area contributed by atoms with Crippen LogP contribution in [0.1, 0.15) is 22.3 Å². The molecule has 4 aromatic rings. The summed E-state index contributed by atoms with van der Waals surface area (Å²) >= 11 is 10.8. The number of benzene rings is 3. The highest BCUT2D eigenvalue weighted by Gasteiger charge is 2.21. The van der Waals surface area contributed by atoms with Gasteiger partial charge in [0, 0.05) is 59.9 Å². The Morgan fingerprint density at radius 1 is 0.946 bits per heavy atom. The highest BCUT2D eigenvalue weighted by Crippen LogP contribution is 2.24. The predicted octanol–water partition coefficient (Wildman–Crippen LogP) is 6.02. The maximum absolute atomic E-state index is 13.2. The fourth-order valence-corrected chi connectivity index (χ4v) is 6.12. The van der Waals surface area contributed by atoms with Crippen molar-refractivity contribution < 1.29 is 9.35 Å². The molecule has 0 aliphatic carbocycles. The summed E-state index contributed by atoms with van der Waals surface area (Å²) in [4.78, 5) is 22.4. The molecule has 1 N–H and O–H groups in total. The van der Waals surface area contributed by atoms with Gasteiger partial charge in [-0.05, 0) is 66.6 Å². The molecule has 1 unspecified atom stereocenters. The van der Waals surface area contributed by atoms with Crippen LogP contribution in [-0.4, -0.2) is 51.4 Å². The standard InChI is InChI=1S/C28H26Cl2N4O2S/c29-23-16-20(17-24(30)18-23)19-33-12-3-13-34(15-14-33)28(35)22-7-9-25(10-8-22)32-37(36)26-6-1-4-21-5-2-11-31-27(21)26/h1-2,4-11,16-18,32H,3,12-15,19H2. The fraction of sp³-hybridized carbons (Fsp3) is 0.214. The minimum Gasteiger partial charge on any atom is -0.588 e. The smallest absolute Gasteiger partial charge is 0.253 e. The third-order valence-corrected chi connectivity index (χ3v) is 7.93. The van der Waals surface area contributed by atoms with Crippen molar-refractivity contribution in [3.63, 3.8) is 0 Å². The van der Waals surface area contributed by atoms with Crippen molar-refractivity contribution in [2.45, 2.75) is 17.9 Å². The molecule has 190 valence electrons. The number of halogens is 2. The monoisotopic (exact) mass is 552 g/mol. The van der Waals surface area contributed by atoms with E-state index in [1.54, 1.807) is 42.6 Å². The van der Waals surface area contributed by atoms with Crippen LogP contribution in [0.2, 0.25) is 10.0 Å². The summed E-state index contributed by atoms with van der Waals surface area (Å²) in [5.41, 5.74) is 3.05. The van der Waals surface area contributed by atoms with Gasteiger partial charge in [-0.2, -0.15) is 0 Å². The molecular weight excluding hydrogens is 527 g/mol. The summed E-state index contributed by atoms with van der Waals surface area (Å²) in [6.07, 6.45) is 2.58. The Morgan fingerprint density at radius 2 is 1.70 bits per heavy atom. The van der Waals surface area contributed by atoms with Crippen LogP contribution in [0.3, 0.4) is 0 Å². The average Bonchev–Trinajstić information content (AvgIpc) is 3.13. The van der Waals surface area contributed by atoms with E-state index in [4.69, 9.17) is 23.2 Å². The number of pyridine rings is 1. The first-order valence-corrected chi connectivity index (χ1v) is 14.0. The number of carbonyl (C=O) groups is 1. The molecule has 1 amide bonds. The molecule has 2 heterocycles. The number of carbonyl (C=O) groups excluding carboxylic acids is 1. The Morgan fingerprint density at radius 3 is 2.49 bits per heavy atom. The van der Waals surface area contributed by atoms with E-state index in [9.17, 15) is 9.35 Å². The maximum Gasteiger partial charge on any atom is 0.253 e. The Kier molecular flexibility index (Phi) is 8.17. The summed E-state index contributed by atoms with van der Waals surface area (Å²) in [5, 5.41) is 2.19. The van der Waals surface area contributed by atoms with Gasteiger partial charge in [-0.25, -0.2) is 4.72 Å². The van der Waals surface area contributed by atoms with Crippen molar-refractivity contribution in [2.24, 2.45) is 0 Å². The lowest BCUT2D eigenvalue weighted by molar-refractivity contribution is 0.0761. The molecule has 3 aromatic carbocycles. The van der Waals surface area contributed by atoms with Crippen LogP contribution >= 0.6 is 23.2 Å². The topological polar surface area (TPSA) is 71.5 Å². The second-order valence-electron chi connectivity index (χ2n) is 8.98. The molecule has 1 fully saturated rings. The van der Waals surface area contributed by atoms with E-state index in [0.29, 0.717) is 44.8 Å². The first-order chi connectivity index (χ1) is 18.0. The van der Waals surface area contributed by atoms with E-state index in [1.165, 1.54) is 0 Å². The fourth-order valence-electron chi connectivity index (χ4n) is 4.54. The summed E-state index contributed by atoms with van der Waals surface area (Å²) in [6, 6.07) is 22.1. The number of aromatic nitrogens is 1. The van der Waals surface area contributed by atoms with Crippen molar-refractivity contribution in [3.8, 4) is 0 Å². The van der Waals surface area contributed by atoms with Gasteiger partial charge in [-0.1, -0.05) is 41.4 Å². The number of hydrogen-bond donors (Lipinski definition) is 1. The van der Waals surface area contributed by atoms with Crippen LogP contribution in [0.5, 0.6) is 0 Å². The number of fused-ring (bicyclic) bond motifs is 1. The van der Waals surface area contributed by atoms with Crippen LogP contribution in [0.15, 0.2) is 83.9 Å². The molecule has 9 heteroatoms. The molecule has 37 heavy (non-hydrogen) atoms. The van der Waals surface area contributed by atoms with Gasteiger partial charge >= 0.3 is 0 Å². The summed E-state index contributed by atoms with van der Waals surface area (Å²) < 4.78 is 16.0. The Hall–Kier alpha value is -2.81. The third kappa shape index (κ3) is 6.37. The van der Waals surface area contributed by atoms with Gasteiger partial charge in [0.2, 0.25) is 4.90 Å². The van der Waals surface area contributed by atoms with Gasteiger partial charge in [0.1, 0.15) is 16.9 Å². The molecule has 0 bridgehead atoms. The first kappa shape index (κ1) is 25.8. The van der Waals surface area contributed by atoms with Crippen LogP contribution < -0.4 is 4.72 Å². The molecule has 6 nitrogen and oxygen atoms in total. The van der Waals surface area contributed by atoms with E-state index >= 15 is 0 Å². The zero-order chi connectivity index (χ0) is 25.8. The molecule has 0 radical (unpaired) electrons. The van der Waals surface area contributed by atoms with Crippen LogP contribution in [0.25, 0.3) is 10.9 Å². The quantitative estimate of drug-likeness (QED) is 0.296. The molecular formula is C28H26Cl2N4O2S. The Balaban J connectivity index is 1.20. The summed E-state index contributed by atoms with van der Waals surface area (Å²) in [7, 11) is 0. The molecule has 1 atom stereocenters. The largest absolute Gasteiger partial charge is 0.588 e. The summed E-state index contributed by atoms with van der Waals surface area (Å²) in [6.45, 7) is 3.75. The SMILES string of the molecule is O=C(c1ccc(N[S+]([O-])c2cccc3cccnc23)cc1)N1CCCN(Cc2cc(Cl)cc(Cl)c2)CC1. The minimum atomic E-state index is -1.49. The molecule has 0 spiro atoms. The Bertz CT molecular complexity index is 1380. The van der Waals surface area contributed by atoms with Crippen molar-refractivity contribution in [2.75, 3.05) is 30.9 Å². The zero-order valence-corrected chi connectivity index (χ0v) is 22.4. The number of para-hydroxylation sites is 1. The second-order valence-corrected chi connectivity index (χ2v) is 11.0. The van der Waals surface area contributed by atoms with Gasteiger partial charge in [-0.15, -0.1) is 0 Å². The average molecular weight is 554 g/mol. The molecule has 1 aliphatic heterocycles. The van der Waals surface area contributed by atoms with E-state index in [2.05, 4.69) is 14.6 Å². The van der Waals surface area contributed by atoms with Gasteiger partial charge in [0.05, 0.1) is 5.69 Å². The van der Waals surface area contributed by atoms with Gasteiger partial charge < -0.3 is 9.45 Å². The van der Waals surface area contributed by atoms with E-state index in [1.807, 2.05) is 41.3 Å². The molecule has 1 aliphatic rings. The third-order valence-electron chi connectivity index (χ3n) is 6.34. The lowest BCUT2D eigenvalue weighted by Crippen LogP contribution is -2.35. The van der Waals surface area contributed by atoms with Crippen molar-refractivity contribution in [1.82, 2.24) is 14.8 Å². The number of rotatable bonds is 6. The molecule has 5 rings (SSSR count). The highest BCUT2D eigenvalue weighted by molar-refractivity contribution is 7.93. The minimum absolute atomic E-state index is 0.00132. The summed E-state index contributed by atoms with van der Waals surface area (Å²) in [5.74, 6) is -0.00132. The van der Waals surface area contributed by atoms with E-state index < -0.39 is 11.4 Å². The van der Waals surface area contributed by atoms with Crippen molar-refractivity contribution in [1.29, 1.82) is 0 Å². The lowest BCUT2D eigenvalue weighted by Gasteiger charge is -2.22. The molecule has 1 aromatic heterocycles. The van der Waals surface area contributed by atoms with E-state index in [-0.39, 0.29) is 5.91 Å². The molecule has 0 saturated carbocycles. The van der Waals surface area contributed by atoms with Gasteiger partial charge in [-0.3, -0.25) is 14.7 Å². The second kappa shape index (κ2) is 11.7.